The average Bonchev–Trinajstić information content (AvgIpc) is 2.30. The van der Waals surface area contributed by atoms with Gasteiger partial charge in [-0.1, -0.05) is 6.08 Å². The highest BCUT2D eigenvalue weighted by atomic mass is 16.3. The van der Waals surface area contributed by atoms with E-state index >= 15 is 0 Å². The molecule has 0 aromatic heterocycles. The van der Waals surface area contributed by atoms with Crippen molar-refractivity contribution < 1.29 is 15.0 Å². The monoisotopic (exact) mass is 197 g/mol. The number of ketones is 1. The lowest BCUT2D eigenvalue weighted by Gasteiger charge is -2.20. The highest BCUT2D eigenvalue weighted by molar-refractivity contribution is 6.02. The molecule has 0 aromatic rings. The minimum atomic E-state index is -1.46. The van der Waals surface area contributed by atoms with Gasteiger partial charge in [-0.15, -0.1) is 6.58 Å². The van der Waals surface area contributed by atoms with Crippen LogP contribution in [0.1, 0.15) is 13.3 Å². The van der Waals surface area contributed by atoms with Gasteiger partial charge in [0.05, 0.1) is 5.70 Å². The third kappa shape index (κ3) is 1.65. The summed E-state index contributed by atoms with van der Waals surface area (Å²) in [6.07, 6.45) is 1.82. The molecule has 0 spiro atoms. The standard InChI is InChI=1S/C10H15NO3/c1-4-5-11(3)7-6-10(2,14)9(13)8(7)12/h4,12,14H,1,5-6H2,2-3H3. The fourth-order valence-corrected chi connectivity index (χ4v) is 1.50. The minimum absolute atomic E-state index is 0.155. The Labute approximate surface area is 83.1 Å². The van der Waals surface area contributed by atoms with E-state index in [0.717, 1.165) is 0 Å². The molecule has 1 atom stereocenters. The summed E-state index contributed by atoms with van der Waals surface area (Å²) in [6.45, 7) is 5.49. The average molecular weight is 197 g/mol. The molecule has 0 saturated carbocycles. The number of aliphatic hydroxyl groups excluding tert-OH is 1. The number of carbonyl (C=O) groups excluding carboxylic acids is 1. The highest BCUT2D eigenvalue weighted by Gasteiger charge is 2.43. The number of Topliss-reactive ketones (excluding diaryl/α,β-unsaturated/α-hetero) is 1. The first-order valence-electron chi connectivity index (χ1n) is 4.41. The van der Waals surface area contributed by atoms with E-state index in [2.05, 4.69) is 6.58 Å². The van der Waals surface area contributed by atoms with Crippen molar-refractivity contribution in [2.45, 2.75) is 18.9 Å². The Hall–Kier alpha value is -1.29. The first-order valence-corrected chi connectivity index (χ1v) is 4.41. The number of hydrogen-bond donors (Lipinski definition) is 2. The maximum Gasteiger partial charge on any atom is 0.230 e. The van der Waals surface area contributed by atoms with Crippen LogP contribution in [0.5, 0.6) is 0 Å². The Morgan fingerprint density at radius 1 is 1.71 bits per heavy atom. The molecule has 0 bridgehead atoms. The van der Waals surface area contributed by atoms with Crippen molar-refractivity contribution in [3.05, 3.63) is 24.1 Å². The molecule has 0 heterocycles. The van der Waals surface area contributed by atoms with Gasteiger partial charge >= 0.3 is 0 Å². The normalized spacial score (nSPS) is 26.9. The molecule has 0 aromatic carbocycles. The first-order chi connectivity index (χ1) is 6.40. The van der Waals surface area contributed by atoms with Gasteiger partial charge < -0.3 is 15.1 Å². The fourth-order valence-electron chi connectivity index (χ4n) is 1.50. The SMILES string of the molecule is C=CCN(C)C1=C(O)C(=O)C(C)(O)C1. The van der Waals surface area contributed by atoms with Gasteiger partial charge in [0.1, 0.15) is 5.60 Å². The molecule has 1 rings (SSSR count). The Morgan fingerprint density at radius 3 is 2.64 bits per heavy atom. The summed E-state index contributed by atoms with van der Waals surface area (Å²) >= 11 is 0. The summed E-state index contributed by atoms with van der Waals surface area (Å²) in [7, 11) is 1.74. The number of carbonyl (C=O) groups is 1. The third-order valence-corrected chi connectivity index (χ3v) is 2.35. The molecule has 1 unspecified atom stereocenters. The summed E-state index contributed by atoms with van der Waals surface area (Å²) in [5, 5.41) is 19.1. The van der Waals surface area contributed by atoms with Crippen LogP contribution in [0.15, 0.2) is 24.1 Å². The van der Waals surface area contributed by atoms with Gasteiger partial charge in [0.2, 0.25) is 5.78 Å². The molecular weight excluding hydrogens is 182 g/mol. The second-order valence-corrected chi connectivity index (χ2v) is 3.74. The smallest absolute Gasteiger partial charge is 0.230 e. The van der Waals surface area contributed by atoms with E-state index in [-0.39, 0.29) is 12.2 Å². The van der Waals surface area contributed by atoms with E-state index in [1.807, 2.05) is 0 Å². The predicted molar refractivity (Wildman–Crippen MR) is 52.7 cm³/mol. The summed E-state index contributed by atoms with van der Waals surface area (Å²) in [6, 6.07) is 0. The number of hydrogen-bond acceptors (Lipinski definition) is 4. The summed E-state index contributed by atoms with van der Waals surface area (Å²) in [4.78, 5) is 13.0. The minimum Gasteiger partial charge on any atom is -0.503 e. The van der Waals surface area contributed by atoms with E-state index < -0.39 is 11.4 Å². The molecule has 0 fully saturated rings. The zero-order chi connectivity index (χ0) is 10.9. The maximum atomic E-state index is 11.3. The van der Waals surface area contributed by atoms with Crippen LogP contribution in [-0.2, 0) is 4.79 Å². The summed E-state index contributed by atoms with van der Waals surface area (Å²) in [5.74, 6) is -0.942. The molecule has 1 aliphatic carbocycles. The summed E-state index contributed by atoms with van der Waals surface area (Å²) in [5.41, 5.74) is -0.991. The van der Waals surface area contributed by atoms with Crippen LogP contribution in [0.3, 0.4) is 0 Å². The van der Waals surface area contributed by atoms with Gasteiger partial charge in [0, 0.05) is 20.0 Å². The zero-order valence-electron chi connectivity index (χ0n) is 8.45. The van der Waals surface area contributed by atoms with E-state index in [1.54, 1.807) is 18.0 Å². The number of likely N-dealkylation sites (N-methyl/N-ethyl adjacent to an activating group) is 1. The lowest BCUT2D eigenvalue weighted by Crippen LogP contribution is -2.31. The second kappa shape index (κ2) is 3.46. The Bertz CT molecular complexity index is 304. The highest BCUT2D eigenvalue weighted by Crippen LogP contribution is 2.31. The molecule has 0 amide bonds. The third-order valence-electron chi connectivity index (χ3n) is 2.35. The number of nitrogens with zero attached hydrogens (tertiary/aromatic N) is 1. The van der Waals surface area contributed by atoms with Crippen molar-refractivity contribution in [2.75, 3.05) is 13.6 Å². The Kier molecular flexibility index (Phi) is 2.66. The van der Waals surface area contributed by atoms with Crippen molar-refractivity contribution in [1.82, 2.24) is 4.90 Å². The molecule has 78 valence electrons. The van der Waals surface area contributed by atoms with Crippen LogP contribution < -0.4 is 0 Å². The van der Waals surface area contributed by atoms with Crippen LogP contribution in [0.4, 0.5) is 0 Å². The molecule has 2 N–H and O–H groups in total. The van der Waals surface area contributed by atoms with Gasteiger partial charge in [0.15, 0.2) is 5.76 Å². The molecule has 0 radical (unpaired) electrons. The quantitative estimate of drug-likeness (QED) is 0.650. The van der Waals surface area contributed by atoms with Crippen molar-refractivity contribution in [1.29, 1.82) is 0 Å². The molecule has 0 saturated heterocycles. The largest absolute Gasteiger partial charge is 0.503 e. The van der Waals surface area contributed by atoms with Crippen LogP contribution in [0.25, 0.3) is 0 Å². The van der Waals surface area contributed by atoms with Gasteiger partial charge in [0.25, 0.3) is 0 Å². The van der Waals surface area contributed by atoms with Crippen LogP contribution >= 0.6 is 0 Å². The molecule has 4 nitrogen and oxygen atoms in total. The van der Waals surface area contributed by atoms with Crippen LogP contribution in [0, 0.1) is 0 Å². The van der Waals surface area contributed by atoms with E-state index in [1.165, 1.54) is 6.92 Å². The van der Waals surface area contributed by atoms with E-state index in [9.17, 15) is 15.0 Å². The van der Waals surface area contributed by atoms with Crippen molar-refractivity contribution in [3.8, 4) is 0 Å². The maximum absolute atomic E-state index is 11.3. The van der Waals surface area contributed by atoms with Crippen LogP contribution in [0.2, 0.25) is 0 Å². The van der Waals surface area contributed by atoms with Gasteiger partial charge in [-0.2, -0.15) is 0 Å². The lowest BCUT2D eigenvalue weighted by molar-refractivity contribution is -0.132. The topological polar surface area (TPSA) is 60.8 Å². The van der Waals surface area contributed by atoms with Crippen molar-refractivity contribution in [2.24, 2.45) is 0 Å². The fraction of sp³-hybridized carbons (Fsp3) is 0.500. The molecule has 1 aliphatic rings. The van der Waals surface area contributed by atoms with Crippen LogP contribution in [-0.4, -0.2) is 40.1 Å². The predicted octanol–water partition coefficient (Wildman–Crippen LogP) is 0.598. The molecule has 0 aliphatic heterocycles. The Morgan fingerprint density at radius 2 is 2.29 bits per heavy atom. The van der Waals surface area contributed by atoms with Gasteiger partial charge in [-0.25, -0.2) is 0 Å². The summed E-state index contributed by atoms with van der Waals surface area (Å²) < 4.78 is 0. The number of aliphatic hydroxyl groups is 2. The lowest BCUT2D eigenvalue weighted by atomic mass is 10.0. The molecule has 14 heavy (non-hydrogen) atoms. The zero-order valence-corrected chi connectivity index (χ0v) is 8.45. The first kappa shape index (κ1) is 10.8. The van der Waals surface area contributed by atoms with E-state index in [4.69, 9.17) is 0 Å². The van der Waals surface area contributed by atoms with Crippen molar-refractivity contribution >= 4 is 5.78 Å². The molecule has 4 heteroatoms. The van der Waals surface area contributed by atoms with E-state index in [0.29, 0.717) is 12.2 Å². The van der Waals surface area contributed by atoms with Crippen molar-refractivity contribution in [3.63, 3.8) is 0 Å². The van der Waals surface area contributed by atoms with Gasteiger partial charge in [-0.3, -0.25) is 4.79 Å². The van der Waals surface area contributed by atoms with Gasteiger partial charge in [-0.05, 0) is 6.92 Å². The Balaban J connectivity index is 2.91. The second-order valence-electron chi connectivity index (χ2n) is 3.74. The molecular formula is C10H15NO3. The number of rotatable bonds is 3.